The highest BCUT2D eigenvalue weighted by Gasteiger charge is 2.19. The Morgan fingerprint density at radius 2 is 1.77 bits per heavy atom. The first kappa shape index (κ1) is 25.8. The topological polar surface area (TPSA) is 83.8 Å². The first-order chi connectivity index (χ1) is 16.7. The second-order valence-corrected chi connectivity index (χ2v) is 8.49. The number of benzene rings is 2. The Balaban J connectivity index is 1.79. The fourth-order valence-electron chi connectivity index (χ4n) is 3.38. The number of allylic oxidation sites excluding steroid dienone is 1. The van der Waals surface area contributed by atoms with Gasteiger partial charge in [-0.2, -0.15) is 0 Å². The van der Waals surface area contributed by atoms with Gasteiger partial charge >= 0.3 is 12.1 Å². The van der Waals surface area contributed by atoms with Crippen LogP contribution in [0.25, 0.3) is 6.08 Å². The normalized spacial score (nSPS) is 11.0. The molecule has 0 unspecified atom stereocenters. The van der Waals surface area contributed by atoms with Crippen molar-refractivity contribution in [3.8, 4) is 5.75 Å². The average molecular weight is 496 g/mol. The molecule has 0 saturated heterocycles. The first-order valence-electron chi connectivity index (χ1n) is 10.9. The molecule has 0 amide bonds. The summed E-state index contributed by atoms with van der Waals surface area (Å²) >= 11 is 6.05. The van der Waals surface area contributed by atoms with E-state index in [9.17, 15) is 14.4 Å². The van der Waals surface area contributed by atoms with E-state index in [0.29, 0.717) is 34.1 Å². The molecule has 1 aromatic heterocycles. The highest BCUT2D eigenvalue weighted by atomic mass is 35.5. The molecule has 182 valence electrons. The number of nitrogens with zero attached hydrogens (tertiary/aromatic N) is 1. The van der Waals surface area contributed by atoms with Crippen LogP contribution in [0.5, 0.6) is 5.75 Å². The van der Waals surface area contributed by atoms with Crippen molar-refractivity contribution >= 4 is 35.6 Å². The van der Waals surface area contributed by atoms with Gasteiger partial charge in [-0.1, -0.05) is 29.8 Å². The molecule has 0 aliphatic heterocycles. The number of aromatic nitrogens is 1. The third-order valence-corrected chi connectivity index (χ3v) is 5.20. The summed E-state index contributed by atoms with van der Waals surface area (Å²) in [4.78, 5) is 37.3. The summed E-state index contributed by atoms with van der Waals surface area (Å²) < 4.78 is 16.6. The number of carbonyl (C=O) groups excluding carboxylic acids is 3. The number of aryl methyl sites for hydroxylation is 1. The molecule has 1 heterocycles. The van der Waals surface area contributed by atoms with Gasteiger partial charge in [0.1, 0.15) is 5.75 Å². The maximum atomic E-state index is 13.1. The van der Waals surface area contributed by atoms with E-state index in [1.165, 1.54) is 6.07 Å². The van der Waals surface area contributed by atoms with Crippen molar-refractivity contribution in [2.24, 2.45) is 0 Å². The minimum absolute atomic E-state index is 0.117. The van der Waals surface area contributed by atoms with Crippen molar-refractivity contribution < 1.29 is 28.6 Å². The first-order valence-corrected chi connectivity index (χ1v) is 11.3. The van der Waals surface area contributed by atoms with Gasteiger partial charge in [-0.05, 0) is 74.4 Å². The Labute approximate surface area is 208 Å². The second-order valence-electron chi connectivity index (χ2n) is 8.05. The smallest absolute Gasteiger partial charge is 0.497 e. The summed E-state index contributed by atoms with van der Waals surface area (Å²) in [6, 6.07) is 13.4. The van der Waals surface area contributed by atoms with E-state index in [1.807, 2.05) is 23.8 Å². The van der Waals surface area contributed by atoms with E-state index < -0.39 is 18.2 Å². The van der Waals surface area contributed by atoms with Crippen molar-refractivity contribution in [1.29, 1.82) is 0 Å². The lowest BCUT2D eigenvalue weighted by Gasteiger charge is -2.09. The van der Waals surface area contributed by atoms with Gasteiger partial charge in [-0.3, -0.25) is 4.79 Å². The lowest BCUT2D eigenvalue weighted by atomic mass is 10.1. The number of hydrogen-bond donors (Lipinski definition) is 0. The lowest BCUT2D eigenvalue weighted by molar-refractivity contribution is 0.0283. The van der Waals surface area contributed by atoms with Gasteiger partial charge in [-0.25, -0.2) is 9.59 Å². The lowest BCUT2D eigenvalue weighted by Crippen LogP contribution is -2.18. The van der Waals surface area contributed by atoms with E-state index in [-0.39, 0.29) is 11.3 Å². The van der Waals surface area contributed by atoms with Gasteiger partial charge in [0, 0.05) is 23.3 Å². The number of esters is 1. The standard InChI is InChI=1S/C27H26ClNO6/c1-17(2)34-27(32)35-26(31)23-15-21(28)10-7-19(23)6-5-13-29-16-18(3)14-24(29)25(30)20-8-11-22(33-4)12-9-20/h5-12,14-17H,13H2,1-4H3/b6-5+. The molecule has 0 saturated carbocycles. The zero-order chi connectivity index (χ0) is 25.5. The molecule has 3 aromatic rings. The van der Waals surface area contributed by atoms with Crippen molar-refractivity contribution in [3.63, 3.8) is 0 Å². The van der Waals surface area contributed by atoms with E-state index in [0.717, 1.165) is 5.56 Å². The Morgan fingerprint density at radius 1 is 1.06 bits per heavy atom. The highest BCUT2D eigenvalue weighted by Crippen LogP contribution is 2.20. The Morgan fingerprint density at radius 3 is 2.43 bits per heavy atom. The van der Waals surface area contributed by atoms with Crippen LogP contribution in [0.2, 0.25) is 5.02 Å². The van der Waals surface area contributed by atoms with Gasteiger partial charge in [0.2, 0.25) is 5.78 Å². The maximum Gasteiger partial charge on any atom is 0.516 e. The number of methoxy groups -OCH3 is 1. The quantitative estimate of drug-likeness (QED) is 0.213. The number of ether oxygens (including phenoxy) is 3. The van der Waals surface area contributed by atoms with Crippen molar-refractivity contribution in [2.45, 2.75) is 33.4 Å². The van der Waals surface area contributed by atoms with Gasteiger partial charge in [0.05, 0.1) is 24.5 Å². The zero-order valence-electron chi connectivity index (χ0n) is 19.9. The number of ketones is 1. The van der Waals surface area contributed by atoms with E-state index in [2.05, 4.69) is 0 Å². The SMILES string of the molecule is COc1ccc(C(=O)c2cc(C)cn2C/C=C/c2ccc(Cl)cc2C(=O)OC(=O)OC(C)C)cc1. The van der Waals surface area contributed by atoms with Crippen LogP contribution in [0.15, 0.2) is 60.8 Å². The Bertz CT molecular complexity index is 1260. The van der Waals surface area contributed by atoms with Crippen LogP contribution in [0.4, 0.5) is 4.79 Å². The molecule has 0 fully saturated rings. The Hall–Kier alpha value is -3.84. The summed E-state index contributed by atoms with van der Waals surface area (Å²) in [5.41, 5.74) is 2.64. The fraction of sp³-hybridized carbons (Fsp3) is 0.222. The van der Waals surface area contributed by atoms with Crippen LogP contribution >= 0.6 is 11.6 Å². The number of rotatable bonds is 8. The Kier molecular flexibility index (Phi) is 8.49. The molecule has 3 rings (SSSR count). The van der Waals surface area contributed by atoms with Gasteiger partial charge < -0.3 is 18.8 Å². The van der Waals surface area contributed by atoms with Crippen LogP contribution in [-0.4, -0.2) is 35.7 Å². The maximum absolute atomic E-state index is 13.1. The molecule has 0 aliphatic carbocycles. The average Bonchev–Trinajstić information content (AvgIpc) is 3.19. The van der Waals surface area contributed by atoms with Crippen molar-refractivity contribution in [2.75, 3.05) is 7.11 Å². The molecule has 0 N–H and O–H groups in total. The van der Waals surface area contributed by atoms with Crippen LogP contribution in [-0.2, 0) is 16.0 Å². The van der Waals surface area contributed by atoms with Crippen molar-refractivity contribution in [1.82, 2.24) is 4.57 Å². The molecule has 0 radical (unpaired) electrons. The summed E-state index contributed by atoms with van der Waals surface area (Å²) in [7, 11) is 1.57. The zero-order valence-corrected chi connectivity index (χ0v) is 20.7. The summed E-state index contributed by atoms with van der Waals surface area (Å²) in [6.07, 6.45) is 3.88. The number of halogens is 1. The molecule has 8 heteroatoms. The van der Waals surface area contributed by atoms with Gasteiger partial charge in [0.25, 0.3) is 0 Å². The summed E-state index contributed by atoms with van der Waals surface area (Å²) in [6.45, 7) is 5.58. The monoisotopic (exact) mass is 495 g/mol. The summed E-state index contributed by atoms with van der Waals surface area (Å²) in [5.74, 6) is -0.315. The highest BCUT2D eigenvalue weighted by molar-refractivity contribution is 6.31. The van der Waals surface area contributed by atoms with Crippen molar-refractivity contribution in [3.05, 3.63) is 93.8 Å². The molecule has 0 atom stereocenters. The molecule has 35 heavy (non-hydrogen) atoms. The predicted molar refractivity (Wildman–Crippen MR) is 133 cm³/mol. The molecule has 0 bridgehead atoms. The predicted octanol–water partition coefficient (Wildman–Crippen LogP) is 6.10. The number of carbonyl (C=O) groups is 3. The van der Waals surface area contributed by atoms with Gasteiger partial charge in [0.15, 0.2) is 0 Å². The van der Waals surface area contributed by atoms with Crippen LogP contribution < -0.4 is 4.74 Å². The van der Waals surface area contributed by atoms with E-state index in [1.54, 1.807) is 69.5 Å². The van der Waals surface area contributed by atoms with E-state index >= 15 is 0 Å². The number of hydrogen-bond acceptors (Lipinski definition) is 6. The van der Waals surface area contributed by atoms with Crippen LogP contribution in [0.1, 0.15) is 51.4 Å². The largest absolute Gasteiger partial charge is 0.516 e. The minimum atomic E-state index is -1.08. The molecule has 0 aliphatic rings. The van der Waals surface area contributed by atoms with Crippen LogP contribution in [0.3, 0.4) is 0 Å². The minimum Gasteiger partial charge on any atom is -0.497 e. The van der Waals surface area contributed by atoms with Gasteiger partial charge in [-0.15, -0.1) is 0 Å². The molecular weight excluding hydrogens is 470 g/mol. The second kappa shape index (κ2) is 11.5. The third-order valence-electron chi connectivity index (χ3n) is 4.96. The molecule has 7 nitrogen and oxygen atoms in total. The molecule has 0 spiro atoms. The van der Waals surface area contributed by atoms with Crippen LogP contribution in [0, 0.1) is 6.92 Å². The molecule has 2 aromatic carbocycles. The third kappa shape index (κ3) is 6.83. The molecular formula is C27H26ClNO6. The summed E-state index contributed by atoms with van der Waals surface area (Å²) in [5, 5.41) is 0.319. The van der Waals surface area contributed by atoms with E-state index in [4.69, 9.17) is 25.8 Å². The fourth-order valence-corrected chi connectivity index (χ4v) is 3.55.